The summed E-state index contributed by atoms with van der Waals surface area (Å²) in [6.07, 6.45) is 0. The molecule has 2 rings (SSSR count). The van der Waals surface area contributed by atoms with Crippen molar-refractivity contribution >= 4 is 17.5 Å². The van der Waals surface area contributed by atoms with Gasteiger partial charge in [-0.05, 0) is 56.2 Å². The summed E-state index contributed by atoms with van der Waals surface area (Å²) in [6, 6.07) is 10.5. The normalized spacial score (nSPS) is 10.2. The molecule has 2 amide bonds. The van der Waals surface area contributed by atoms with Crippen molar-refractivity contribution in [3.63, 3.8) is 0 Å². The van der Waals surface area contributed by atoms with Crippen LogP contribution in [0.3, 0.4) is 0 Å². The Morgan fingerprint density at radius 3 is 1.95 bits per heavy atom. The highest BCUT2D eigenvalue weighted by molar-refractivity contribution is 6.06. The van der Waals surface area contributed by atoms with E-state index < -0.39 is 5.91 Å². The predicted molar refractivity (Wildman–Crippen MR) is 83.6 cm³/mol. The van der Waals surface area contributed by atoms with Crippen molar-refractivity contribution in [3.05, 3.63) is 64.2 Å². The molecule has 4 nitrogen and oxygen atoms in total. The molecule has 0 aromatic heterocycles. The van der Waals surface area contributed by atoms with E-state index in [-0.39, 0.29) is 5.91 Å². The van der Waals surface area contributed by atoms with Crippen molar-refractivity contribution in [2.75, 3.05) is 5.32 Å². The van der Waals surface area contributed by atoms with E-state index in [2.05, 4.69) is 5.32 Å². The quantitative estimate of drug-likeness (QED) is 0.908. The minimum Gasteiger partial charge on any atom is -0.366 e. The molecule has 0 bridgehead atoms. The molecule has 3 N–H and O–H groups in total. The Balaban J connectivity index is 2.24. The number of amides is 2. The van der Waals surface area contributed by atoms with Crippen molar-refractivity contribution in [2.45, 2.75) is 20.8 Å². The smallest absolute Gasteiger partial charge is 0.256 e. The third-order valence-corrected chi connectivity index (χ3v) is 3.33. The highest BCUT2D eigenvalue weighted by atomic mass is 16.2. The summed E-state index contributed by atoms with van der Waals surface area (Å²) in [5.74, 6) is -0.644. The summed E-state index contributed by atoms with van der Waals surface area (Å²) in [7, 11) is 0. The molecular weight excluding hydrogens is 264 g/mol. The number of anilines is 1. The number of carbonyl (C=O) groups excluding carboxylic acids is 2. The van der Waals surface area contributed by atoms with Gasteiger partial charge < -0.3 is 11.1 Å². The fourth-order valence-corrected chi connectivity index (χ4v) is 2.45. The van der Waals surface area contributed by atoms with Gasteiger partial charge in [0.2, 0.25) is 5.91 Å². The maximum absolute atomic E-state index is 12.4. The van der Waals surface area contributed by atoms with Gasteiger partial charge in [-0.2, -0.15) is 0 Å². The lowest BCUT2D eigenvalue weighted by molar-refractivity contribution is 0.0998. The van der Waals surface area contributed by atoms with Gasteiger partial charge in [-0.3, -0.25) is 9.59 Å². The standard InChI is InChI=1S/C17H18N2O2/c1-10-8-11(2)15(12(3)9-10)17(21)19-14-6-4-13(5-7-14)16(18)20/h4-9H,1-3H3,(H2,18,20)(H,19,21). The maximum Gasteiger partial charge on any atom is 0.256 e. The highest BCUT2D eigenvalue weighted by Gasteiger charge is 2.13. The zero-order chi connectivity index (χ0) is 15.6. The second-order valence-electron chi connectivity index (χ2n) is 5.17. The summed E-state index contributed by atoms with van der Waals surface area (Å²) in [5.41, 5.74) is 9.92. The molecule has 2 aromatic rings. The lowest BCUT2D eigenvalue weighted by Gasteiger charge is -2.12. The van der Waals surface area contributed by atoms with Crippen LogP contribution in [0.25, 0.3) is 0 Å². The van der Waals surface area contributed by atoms with Crippen molar-refractivity contribution in [1.29, 1.82) is 0 Å². The van der Waals surface area contributed by atoms with E-state index >= 15 is 0 Å². The molecule has 0 aliphatic carbocycles. The molecule has 0 aliphatic rings. The number of nitrogens with two attached hydrogens (primary N) is 1. The van der Waals surface area contributed by atoms with Crippen molar-refractivity contribution in [2.24, 2.45) is 5.73 Å². The summed E-state index contributed by atoms with van der Waals surface area (Å²) in [4.78, 5) is 23.4. The van der Waals surface area contributed by atoms with Crippen LogP contribution in [0.15, 0.2) is 36.4 Å². The summed E-state index contributed by atoms with van der Waals surface area (Å²) >= 11 is 0. The number of benzene rings is 2. The van der Waals surface area contributed by atoms with Crippen LogP contribution in [0.1, 0.15) is 37.4 Å². The molecule has 0 atom stereocenters. The van der Waals surface area contributed by atoms with Gasteiger partial charge in [-0.1, -0.05) is 17.7 Å². The summed E-state index contributed by atoms with van der Waals surface area (Å²) in [5, 5.41) is 2.83. The fraction of sp³-hybridized carbons (Fsp3) is 0.176. The monoisotopic (exact) mass is 282 g/mol. The molecule has 0 aliphatic heterocycles. The van der Waals surface area contributed by atoms with Crippen molar-refractivity contribution in [1.82, 2.24) is 0 Å². The molecule has 0 fully saturated rings. The van der Waals surface area contributed by atoms with E-state index in [1.807, 2.05) is 32.9 Å². The van der Waals surface area contributed by atoms with Gasteiger partial charge in [0.15, 0.2) is 0 Å². The Labute approximate surface area is 124 Å². The first-order valence-electron chi connectivity index (χ1n) is 6.67. The molecule has 0 saturated heterocycles. The van der Waals surface area contributed by atoms with E-state index in [1.165, 1.54) is 0 Å². The third-order valence-electron chi connectivity index (χ3n) is 3.33. The Bertz CT molecular complexity index is 680. The lowest BCUT2D eigenvalue weighted by Crippen LogP contribution is -2.16. The first-order valence-corrected chi connectivity index (χ1v) is 6.67. The topological polar surface area (TPSA) is 72.2 Å². The van der Waals surface area contributed by atoms with Crippen LogP contribution < -0.4 is 11.1 Å². The van der Waals surface area contributed by atoms with Crippen LogP contribution in [0.5, 0.6) is 0 Å². The van der Waals surface area contributed by atoms with Gasteiger partial charge >= 0.3 is 0 Å². The minimum atomic E-state index is -0.488. The van der Waals surface area contributed by atoms with Crippen LogP contribution in [0.4, 0.5) is 5.69 Å². The number of rotatable bonds is 3. The Hall–Kier alpha value is -2.62. The number of hydrogen-bond donors (Lipinski definition) is 2. The fourth-order valence-electron chi connectivity index (χ4n) is 2.45. The molecule has 0 unspecified atom stereocenters. The molecular formula is C17H18N2O2. The van der Waals surface area contributed by atoms with E-state index in [1.54, 1.807) is 24.3 Å². The molecule has 0 saturated carbocycles. The van der Waals surface area contributed by atoms with Gasteiger partial charge in [0.1, 0.15) is 0 Å². The predicted octanol–water partition coefficient (Wildman–Crippen LogP) is 2.96. The first-order chi connectivity index (χ1) is 9.88. The lowest BCUT2D eigenvalue weighted by atomic mass is 9.99. The molecule has 0 spiro atoms. The SMILES string of the molecule is Cc1cc(C)c(C(=O)Nc2ccc(C(N)=O)cc2)c(C)c1. The largest absolute Gasteiger partial charge is 0.366 e. The molecule has 0 radical (unpaired) electrons. The molecule has 0 heterocycles. The van der Waals surface area contributed by atoms with E-state index in [4.69, 9.17) is 5.73 Å². The van der Waals surface area contributed by atoms with E-state index in [0.717, 1.165) is 16.7 Å². The van der Waals surface area contributed by atoms with Crippen molar-refractivity contribution < 1.29 is 9.59 Å². The Morgan fingerprint density at radius 1 is 0.952 bits per heavy atom. The third kappa shape index (κ3) is 3.28. The minimum absolute atomic E-state index is 0.156. The molecule has 2 aromatic carbocycles. The van der Waals surface area contributed by atoms with Crippen LogP contribution in [0.2, 0.25) is 0 Å². The van der Waals surface area contributed by atoms with Gasteiger partial charge in [-0.25, -0.2) is 0 Å². The number of aryl methyl sites for hydroxylation is 3. The molecule has 4 heteroatoms. The maximum atomic E-state index is 12.4. The first kappa shape index (κ1) is 14.8. The van der Waals surface area contributed by atoms with Crippen LogP contribution in [-0.2, 0) is 0 Å². The van der Waals surface area contributed by atoms with Crippen LogP contribution in [0, 0.1) is 20.8 Å². The van der Waals surface area contributed by atoms with E-state index in [0.29, 0.717) is 16.8 Å². The number of primary amides is 1. The van der Waals surface area contributed by atoms with Crippen LogP contribution >= 0.6 is 0 Å². The van der Waals surface area contributed by atoms with Gasteiger partial charge in [0.25, 0.3) is 5.91 Å². The summed E-state index contributed by atoms with van der Waals surface area (Å²) in [6.45, 7) is 5.85. The highest BCUT2D eigenvalue weighted by Crippen LogP contribution is 2.18. The van der Waals surface area contributed by atoms with Crippen LogP contribution in [-0.4, -0.2) is 11.8 Å². The number of carbonyl (C=O) groups is 2. The zero-order valence-electron chi connectivity index (χ0n) is 12.4. The second-order valence-corrected chi connectivity index (χ2v) is 5.17. The van der Waals surface area contributed by atoms with Gasteiger partial charge in [-0.15, -0.1) is 0 Å². The average molecular weight is 282 g/mol. The summed E-state index contributed by atoms with van der Waals surface area (Å²) < 4.78 is 0. The van der Waals surface area contributed by atoms with Crippen molar-refractivity contribution in [3.8, 4) is 0 Å². The Morgan fingerprint density at radius 2 is 1.48 bits per heavy atom. The van der Waals surface area contributed by atoms with E-state index in [9.17, 15) is 9.59 Å². The van der Waals surface area contributed by atoms with Gasteiger partial charge in [0, 0.05) is 16.8 Å². The van der Waals surface area contributed by atoms with Gasteiger partial charge in [0.05, 0.1) is 0 Å². The second kappa shape index (κ2) is 5.79. The number of nitrogens with one attached hydrogen (secondary N) is 1. The number of hydrogen-bond acceptors (Lipinski definition) is 2. The molecule has 21 heavy (non-hydrogen) atoms. The average Bonchev–Trinajstić information content (AvgIpc) is 2.37. The molecule has 108 valence electrons. The Kier molecular flexibility index (Phi) is 4.08. The zero-order valence-corrected chi connectivity index (χ0v) is 12.4.